The number of aromatic nitrogens is 1. The van der Waals surface area contributed by atoms with Gasteiger partial charge in [0.1, 0.15) is 0 Å². The van der Waals surface area contributed by atoms with Crippen LogP contribution in [0.4, 0.5) is 5.69 Å². The molecular formula is C17H25N3O3. The summed E-state index contributed by atoms with van der Waals surface area (Å²) in [4.78, 5) is 29.0. The Bertz CT molecular complexity index is 549. The Labute approximate surface area is 137 Å². The van der Waals surface area contributed by atoms with Gasteiger partial charge in [0, 0.05) is 18.5 Å². The summed E-state index contributed by atoms with van der Waals surface area (Å²) in [6.07, 6.45) is 5.24. The number of hydrogen-bond donors (Lipinski definition) is 2. The lowest BCUT2D eigenvalue weighted by Crippen LogP contribution is -2.40. The molecular weight excluding hydrogens is 294 g/mol. The fourth-order valence-electron chi connectivity index (χ4n) is 3.05. The van der Waals surface area contributed by atoms with E-state index in [1.54, 1.807) is 25.4 Å². The molecule has 0 radical (unpaired) electrons. The number of carbonyl (C=O) groups is 2. The molecule has 0 aromatic carbocycles. The third kappa shape index (κ3) is 4.43. The van der Waals surface area contributed by atoms with Crippen LogP contribution in [0.2, 0.25) is 0 Å². The van der Waals surface area contributed by atoms with Crippen LogP contribution in [0.5, 0.6) is 5.88 Å². The van der Waals surface area contributed by atoms with Crippen molar-refractivity contribution in [3.8, 4) is 5.88 Å². The van der Waals surface area contributed by atoms with Gasteiger partial charge in [-0.05, 0) is 32.8 Å². The number of anilines is 1. The highest BCUT2D eigenvalue weighted by atomic mass is 16.5. The van der Waals surface area contributed by atoms with Crippen molar-refractivity contribution in [1.82, 2.24) is 10.3 Å². The molecule has 1 fully saturated rings. The molecule has 1 aliphatic carbocycles. The smallest absolute Gasteiger partial charge is 0.231 e. The van der Waals surface area contributed by atoms with Gasteiger partial charge in [0.15, 0.2) is 0 Å². The van der Waals surface area contributed by atoms with Crippen molar-refractivity contribution in [2.75, 3.05) is 12.4 Å². The third-order valence-electron chi connectivity index (χ3n) is 4.19. The van der Waals surface area contributed by atoms with E-state index in [0.717, 1.165) is 25.7 Å². The van der Waals surface area contributed by atoms with Gasteiger partial charge >= 0.3 is 0 Å². The van der Waals surface area contributed by atoms with Crippen LogP contribution in [-0.4, -0.2) is 29.9 Å². The van der Waals surface area contributed by atoms with E-state index in [1.807, 2.05) is 13.8 Å². The lowest BCUT2D eigenvalue weighted by atomic mass is 9.81. The molecule has 6 heteroatoms. The summed E-state index contributed by atoms with van der Waals surface area (Å²) in [5.74, 6) is 0.334. The van der Waals surface area contributed by atoms with E-state index in [4.69, 9.17) is 4.74 Å². The number of rotatable bonds is 6. The average molecular weight is 319 g/mol. The van der Waals surface area contributed by atoms with Gasteiger partial charge in [-0.25, -0.2) is 4.98 Å². The lowest BCUT2D eigenvalue weighted by Gasteiger charge is -2.27. The standard InChI is InChI=1S/C17H25N3O3/c1-12(2)19-14(21)10-17(8-4-5-9-17)16(22)20-13-6-7-15(23-3)18-11-13/h6-7,11-12H,4-5,8-10H2,1-3H3,(H,19,21)(H,20,22). The third-order valence-corrected chi connectivity index (χ3v) is 4.19. The van der Waals surface area contributed by atoms with Crippen LogP contribution in [-0.2, 0) is 9.59 Å². The van der Waals surface area contributed by atoms with Gasteiger partial charge in [-0.3, -0.25) is 9.59 Å². The number of ether oxygens (including phenoxy) is 1. The highest BCUT2D eigenvalue weighted by Gasteiger charge is 2.42. The van der Waals surface area contributed by atoms with E-state index >= 15 is 0 Å². The van der Waals surface area contributed by atoms with Gasteiger partial charge in [-0.15, -0.1) is 0 Å². The highest BCUT2D eigenvalue weighted by Crippen LogP contribution is 2.42. The van der Waals surface area contributed by atoms with Crippen molar-refractivity contribution in [2.45, 2.75) is 52.0 Å². The molecule has 0 spiro atoms. The number of nitrogens with zero attached hydrogens (tertiary/aromatic N) is 1. The minimum Gasteiger partial charge on any atom is -0.481 e. The van der Waals surface area contributed by atoms with E-state index in [-0.39, 0.29) is 24.3 Å². The van der Waals surface area contributed by atoms with Gasteiger partial charge in [0.2, 0.25) is 17.7 Å². The Morgan fingerprint density at radius 1 is 1.30 bits per heavy atom. The second kappa shape index (κ2) is 7.44. The second-order valence-corrected chi connectivity index (χ2v) is 6.43. The van der Waals surface area contributed by atoms with Crippen LogP contribution in [0.15, 0.2) is 18.3 Å². The van der Waals surface area contributed by atoms with Crippen molar-refractivity contribution >= 4 is 17.5 Å². The van der Waals surface area contributed by atoms with E-state index in [1.165, 1.54) is 0 Å². The molecule has 23 heavy (non-hydrogen) atoms. The summed E-state index contributed by atoms with van der Waals surface area (Å²) < 4.78 is 5.01. The van der Waals surface area contributed by atoms with Gasteiger partial charge in [0.05, 0.1) is 24.4 Å². The second-order valence-electron chi connectivity index (χ2n) is 6.43. The molecule has 1 aromatic heterocycles. The zero-order valence-electron chi connectivity index (χ0n) is 14.0. The molecule has 2 N–H and O–H groups in total. The van der Waals surface area contributed by atoms with Crippen molar-refractivity contribution in [3.63, 3.8) is 0 Å². The first-order chi connectivity index (χ1) is 10.9. The Hall–Kier alpha value is -2.11. The lowest BCUT2D eigenvalue weighted by molar-refractivity contribution is -0.132. The average Bonchev–Trinajstić information content (AvgIpc) is 2.96. The summed E-state index contributed by atoms with van der Waals surface area (Å²) >= 11 is 0. The largest absolute Gasteiger partial charge is 0.481 e. The molecule has 0 atom stereocenters. The molecule has 1 aromatic rings. The van der Waals surface area contributed by atoms with Crippen molar-refractivity contribution in [3.05, 3.63) is 18.3 Å². The Kier molecular flexibility index (Phi) is 5.58. The number of pyridine rings is 1. The summed E-state index contributed by atoms with van der Waals surface area (Å²) in [7, 11) is 1.54. The molecule has 6 nitrogen and oxygen atoms in total. The predicted molar refractivity (Wildman–Crippen MR) is 88.2 cm³/mol. The fraction of sp³-hybridized carbons (Fsp3) is 0.588. The van der Waals surface area contributed by atoms with E-state index in [0.29, 0.717) is 11.6 Å². The van der Waals surface area contributed by atoms with Gasteiger partial charge in [0.25, 0.3) is 0 Å². The first-order valence-corrected chi connectivity index (χ1v) is 8.06. The molecule has 126 valence electrons. The molecule has 0 bridgehead atoms. The number of methoxy groups -OCH3 is 1. The predicted octanol–water partition coefficient (Wildman–Crippen LogP) is 2.50. The topological polar surface area (TPSA) is 80.3 Å². The van der Waals surface area contributed by atoms with Crippen LogP contribution >= 0.6 is 0 Å². The van der Waals surface area contributed by atoms with Gasteiger partial charge < -0.3 is 15.4 Å². The zero-order valence-corrected chi connectivity index (χ0v) is 14.0. The summed E-state index contributed by atoms with van der Waals surface area (Å²) in [5, 5.41) is 5.78. The number of carbonyl (C=O) groups excluding carboxylic acids is 2. The van der Waals surface area contributed by atoms with Crippen LogP contribution in [0.25, 0.3) is 0 Å². The van der Waals surface area contributed by atoms with Crippen molar-refractivity contribution in [1.29, 1.82) is 0 Å². The van der Waals surface area contributed by atoms with Crippen LogP contribution in [0, 0.1) is 5.41 Å². The maximum atomic E-state index is 12.8. The molecule has 0 saturated heterocycles. The normalized spacial score (nSPS) is 16.2. The summed E-state index contributed by atoms with van der Waals surface area (Å²) in [6.45, 7) is 3.84. The summed E-state index contributed by atoms with van der Waals surface area (Å²) in [5.41, 5.74) is 0.00478. The zero-order chi connectivity index (χ0) is 16.9. The first kappa shape index (κ1) is 17.2. The maximum Gasteiger partial charge on any atom is 0.231 e. The monoisotopic (exact) mass is 319 g/mol. The first-order valence-electron chi connectivity index (χ1n) is 8.06. The molecule has 1 saturated carbocycles. The van der Waals surface area contributed by atoms with Crippen LogP contribution < -0.4 is 15.4 Å². The molecule has 0 aliphatic heterocycles. The minimum absolute atomic E-state index is 0.0649. The number of amides is 2. The summed E-state index contributed by atoms with van der Waals surface area (Å²) in [6, 6.07) is 3.53. The fourth-order valence-corrected chi connectivity index (χ4v) is 3.05. The maximum absolute atomic E-state index is 12.8. The Morgan fingerprint density at radius 3 is 2.52 bits per heavy atom. The van der Waals surface area contributed by atoms with Crippen LogP contribution in [0.1, 0.15) is 46.0 Å². The van der Waals surface area contributed by atoms with Gasteiger partial charge in [-0.1, -0.05) is 12.8 Å². The number of nitrogens with one attached hydrogen (secondary N) is 2. The van der Waals surface area contributed by atoms with Crippen LogP contribution in [0.3, 0.4) is 0 Å². The SMILES string of the molecule is COc1ccc(NC(=O)C2(CC(=O)NC(C)C)CCCC2)cn1. The van der Waals surface area contributed by atoms with Crippen molar-refractivity contribution in [2.24, 2.45) is 5.41 Å². The van der Waals surface area contributed by atoms with E-state index in [2.05, 4.69) is 15.6 Å². The quantitative estimate of drug-likeness (QED) is 0.844. The minimum atomic E-state index is -0.612. The molecule has 0 unspecified atom stereocenters. The van der Waals surface area contributed by atoms with Crippen molar-refractivity contribution < 1.29 is 14.3 Å². The van der Waals surface area contributed by atoms with E-state index in [9.17, 15) is 9.59 Å². The highest BCUT2D eigenvalue weighted by molar-refractivity contribution is 5.98. The molecule has 1 heterocycles. The number of hydrogen-bond acceptors (Lipinski definition) is 4. The Balaban J connectivity index is 2.06. The Morgan fingerprint density at radius 2 is 2.00 bits per heavy atom. The molecule has 2 rings (SSSR count). The van der Waals surface area contributed by atoms with Gasteiger partial charge in [-0.2, -0.15) is 0 Å². The molecule has 2 amide bonds. The van der Waals surface area contributed by atoms with E-state index < -0.39 is 5.41 Å². The molecule has 1 aliphatic rings.